The Labute approximate surface area is 148 Å². The van der Waals surface area contributed by atoms with Gasteiger partial charge in [-0.15, -0.1) is 0 Å². The van der Waals surface area contributed by atoms with Gasteiger partial charge in [0.05, 0.1) is 11.8 Å². The molecule has 6 heteroatoms. The minimum Gasteiger partial charge on any atom is -0.391 e. The predicted molar refractivity (Wildman–Crippen MR) is 98.4 cm³/mol. The fourth-order valence-corrected chi connectivity index (χ4v) is 3.09. The van der Waals surface area contributed by atoms with E-state index in [1.54, 1.807) is 4.90 Å². The summed E-state index contributed by atoms with van der Waals surface area (Å²) in [7, 11) is 0. The maximum atomic E-state index is 12.6. The molecule has 6 nitrogen and oxygen atoms in total. The summed E-state index contributed by atoms with van der Waals surface area (Å²) in [6.07, 6.45) is -0.506. The molecular weight excluding hydrogens is 316 g/mol. The summed E-state index contributed by atoms with van der Waals surface area (Å²) in [6, 6.07) is 11.7. The normalized spacial score (nSPS) is 19.4. The third-order valence-corrected chi connectivity index (χ3v) is 4.71. The Hall–Kier alpha value is -2.34. The monoisotopic (exact) mass is 342 g/mol. The number of aromatic nitrogens is 2. The number of anilines is 1. The average molecular weight is 342 g/mol. The molecular formula is C19H26N4O2. The van der Waals surface area contributed by atoms with Crippen LogP contribution in [0.15, 0.2) is 36.4 Å². The van der Waals surface area contributed by atoms with Crippen molar-refractivity contribution in [3.05, 3.63) is 36.4 Å². The first-order valence-electron chi connectivity index (χ1n) is 8.67. The van der Waals surface area contributed by atoms with Crippen LogP contribution in [0.4, 0.5) is 10.6 Å². The number of aliphatic hydroxyl groups is 1. The SMILES string of the molecule is CC(C)n1nc(-c2ccccc2)cc1NC(=O)N1CC(O)C(C)(C)C1. The highest BCUT2D eigenvalue weighted by Crippen LogP contribution is 2.30. The molecule has 2 N–H and O–H groups in total. The summed E-state index contributed by atoms with van der Waals surface area (Å²) in [6.45, 7) is 8.87. The smallest absolute Gasteiger partial charge is 0.323 e. The lowest BCUT2D eigenvalue weighted by Crippen LogP contribution is -2.34. The van der Waals surface area contributed by atoms with Gasteiger partial charge in [-0.1, -0.05) is 44.2 Å². The van der Waals surface area contributed by atoms with Gasteiger partial charge in [0.15, 0.2) is 0 Å². The number of benzene rings is 1. The van der Waals surface area contributed by atoms with Crippen molar-refractivity contribution in [2.24, 2.45) is 5.41 Å². The number of likely N-dealkylation sites (tertiary alicyclic amines) is 1. The Morgan fingerprint density at radius 3 is 2.56 bits per heavy atom. The van der Waals surface area contributed by atoms with Gasteiger partial charge in [0.2, 0.25) is 0 Å². The Bertz CT molecular complexity index is 752. The first kappa shape index (κ1) is 17.5. The van der Waals surface area contributed by atoms with Crippen LogP contribution >= 0.6 is 0 Å². The number of aliphatic hydroxyl groups excluding tert-OH is 1. The highest BCUT2D eigenvalue weighted by molar-refractivity contribution is 5.89. The van der Waals surface area contributed by atoms with Crippen LogP contribution in [0.3, 0.4) is 0 Å². The standard InChI is InChI=1S/C19H26N4O2/c1-13(2)23-17(10-15(21-23)14-8-6-5-7-9-14)20-18(25)22-11-16(24)19(3,4)12-22/h5-10,13,16,24H,11-12H2,1-4H3,(H,20,25). The molecule has 0 spiro atoms. The lowest BCUT2D eigenvalue weighted by molar-refractivity contribution is 0.0957. The Kier molecular flexibility index (Phi) is 4.56. The minimum atomic E-state index is -0.506. The fraction of sp³-hybridized carbons (Fsp3) is 0.474. The Balaban J connectivity index is 1.82. The molecule has 1 atom stereocenters. The van der Waals surface area contributed by atoms with Gasteiger partial charge in [-0.3, -0.25) is 5.32 Å². The summed E-state index contributed by atoms with van der Waals surface area (Å²) in [5.74, 6) is 0.665. The van der Waals surface area contributed by atoms with Crippen LogP contribution in [0.2, 0.25) is 0 Å². The van der Waals surface area contributed by atoms with Crippen molar-refractivity contribution in [1.82, 2.24) is 14.7 Å². The summed E-state index contributed by atoms with van der Waals surface area (Å²) >= 11 is 0. The van der Waals surface area contributed by atoms with E-state index in [2.05, 4.69) is 10.4 Å². The molecule has 0 radical (unpaired) electrons. The molecule has 1 aromatic carbocycles. The van der Waals surface area contributed by atoms with E-state index in [0.29, 0.717) is 18.9 Å². The number of carbonyl (C=O) groups excluding carboxylic acids is 1. The predicted octanol–water partition coefficient (Wildman–Crippen LogP) is 3.37. The van der Waals surface area contributed by atoms with Crippen molar-refractivity contribution in [2.75, 3.05) is 18.4 Å². The number of urea groups is 1. The lowest BCUT2D eigenvalue weighted by Gasteiger charge is -2.21. The zero-order chi connectivity index (χ0) is 18.2. The highest BCUT2D eigenvalue weighted by Gasteiger charge is 2.40. The molecule has 25 heavy (non-hydrogen) atoms. The maximum Gasteiger partial charge on any atom is 0.323 e. The summed E-state index contributed by atoms with van der Waals surface area (Å²) in [5.41, 5.74) is 1.55. The topological polar surface area (TPSA) is 70.4 Å². The molecule has 1 aliphatic heterocycles. The number of β-amino-alcohol motifs (C(OH)–C–C–N with tert-alkyl or cyclic N) is 1. The van der Waals surface area contributed by atoms with E-state index < -0.39 is 6.10 Å². The molecule has 0 aliphatic carbocycles. The third-order valence-electron chi connectivity index (χ3n) is 4.71. The highest BCUT2D eigenvalue weighted by atomic mass is 16.3. The van der Waals surface area contributed by atoms with Crippen molar-refractivity contribution in [2.45, 2.75) is 39.8 Å². The molecule has 1 aliphatic rings. The van der Waals surface area contributed by atoms with Gasteiger partial charge < -0.3 is 10.0 Å². The van der Waals surface area contributed by atoms with Crippen molar-refractivity contribution in [1.29, 1.82) is 0 Å². The second-order valence-electron chi connectivity index (χ2n) is 7.63. The largest absolute Gasteiger partial charge is 0.391 e. The second kappa shape index (κ2) is 6.52. The van der Waals surface area contributed by atoms with E-state index >= 15 is 0 Å². The van der Waals surface area contributed by atoms with Gasteiger partial charge >= 0.3 is 6.03 Å². The molecule has 1 unspecified atom stereocenters. The summed E-state index contributed by atoms with van der Waals surface area (Å²) in [5, 5.41) is 17.7. The summed E-state index contributed by atoms with van der Waals surface area (Å²) < 4.78 is 1.82. The van der Waals surface area contributed by atoms with Crippen molar-refractivity contribution in [3.8, 4) is 11.3 Å². The molecule has 3 rings (SSSR count). The number of nitrogens with one attached hydrogen (secondary N) is 1. The zero-order valence-electron chi connectivity index (χ0n) is 15.2. The molecule has 134 valence electrons. The van der Waals surface area contributed by atoms with Crippen LogP contribution in [0.25, 0.3) is 11.3 Å². The van der Waals surface area contributed by atoms with Crippen LogP contribution in [-0.2, 0) is 0 Å². The number of nitrogens with zero attached hydrogens (tertiary/aromatic N) is 3. The zero-order valence-corrected chi connectivity index (χ0v) is 15.2. The van der Waals surface area contributed by atoms with E-state index in [4.69, 9.17) is 0 Å². The van der Waals surface area contributed by atoms with Crippen molar-refractivity contribution >= 4 is 11.8 Å². The van der Waals surface area contributed by atoms with Crippen LogP contribution in [0.1, 0.15) is 33.7 Å². The van der Waals surface area contributed by atoms with Crippen LogP contribution < -0.4 is 5.32 Å². The van der Waals surface area contributed by atoms with Gasteiger partial charge in [-0.2, -0.15) is 5.10 Å². The van der Waals surface area contributed by atoms with Gasteiger partial charge in [-0.05, 0) is 13.8 Å². The number of hydrogen-bond donors (Lipinski definition) is 2. The molecule has 2 heterocycles. The Morgan fingerprint density at radius 2 is 2.00 bits per heavy atom. The van der Waals surface area contributed by atoms with Crippen molar-refractivity contribution < 1.29 is 9.90 Å². The third kappa shape index (κ3) is 3.54. The fourth-order valence-electron chi connectivity index (χ4n) is 3.09. The quantitative estimate of drug-likeness (QED) is 0.898. The first-order chi connectivity index (χ1) is 11.8. The van der Waals surface area contributed by atoms with E-state index in [1.807, 2.05) is 68.8 Å². The maximum absolute atomic E-state index is 12.6. The van der Waals surface area contributed by atoms with Crippen LogP contribution in [0, 0.1) is 5.41 Å². The first-order valence-corrected chi connectivity index (χ1v) is 8.67. The molecule has 1 saturated heterocycles. The summed E-state index contributed by atoms with van der Waals surface area (Å²) in [4.78, 5) is 14.3. The van der Waals surface area contributed by atoms with Gasteiger partial charge in [0.1, 0.15) is 5.82 Å². The number of carbonyl (C=O) groups is 1. The van der Waals surface area contributed by atoms with Crippen LogP contribution in [0.5, 0.6) is 0 Å². The molecule has 1 fully saturated rings. The number of amides is 2. The minimum absolute atomic E-state index is 0.119. The second-order valence-corrected chi connectivity index (χ2v) is 7.63. The van der Waals surface area contributed by atoms with Gasteiger partial charge in [0, 0.05) is 36.2 Å². The van der Waals surface area contributed by atoms with E-state index in [-0.39, 0.29) is 17.5 Å². The van der Waals surface area contributed by atoms with Gasteiger partial charge in [-0.25, -0.2) is 9.48 Å². The van der Waals surface area contributed by atoms with Crippen molar-refractivity contribution in [3.63, 3.8) is 0 Å². The van der Waals surface area contributed by atoms with Crippen LogP contribution in [-0.4, -0.2) is 45.0 Å². The lowest BCUT2D eigenvalue weighted by atomic mass is 9.90. The Morgan fingerprint density at radius 1 is 1.32 bits per heavy atom. The number of rotatable bonds is 3. The van der Waals surface area contributed by atoms with Gasteiger partial charge in [0.25, 0.3) is 0 Å². The molecule has 1 aromatic heterocycles. The molecule has 0 saturated carbocycles. The molecule has 2 amide bonds. The van der Waals surface area contributed by atoms with E-state index in [9.17, 15) is 9.90 Å². The molecule has 0 bridgehead atoms. The van der Waals surface area contributed by atoms with E-state index in [0.717, 1.165) is 11.3 Å². The average Bonchev–Trinajstić information content (AvgIpc) is 3.10. The van der Waals surface area contributed by atoms with E-state index in [1.165, 1.54) is 0 Å². The number of hydrogen-bond acceptors (Lipinski definition) is 3. The molecule has 2 aromatic rings.